The summed E-state index contributed by atoms with van der Waals surface area (Å²) in [5.41, 5.74) is 4.29. The van der Waals surface area contributed by atoms with Crippen LogP contribution in [0.4, 0.5) is 5.69 Å². The van der Waals surface area contributed by atoms with Crippen LogP contribution in [0.1, 0.15) is 40.4 Å². The van der Waals surface area contributed by atoms with Crippen LogP contribution in [0.3, 0.4) is 0 Å². The lowest BCUT2D eigenvalue weighted by atomic mass is 10.0. The molecule has 1 atom stereocenters. The fourth-order valence-electron chi connectivity index (χ4n) is 3.80. The van der Waals surface area contributed by atoms with Gasteiger partial charge in [0, 0.05) is 43.8 Å². The first-order valence-corrected chi connectivity index (χ1v) is 9.52. The summed E-state index contributed by atoms with van der Waals surface area (Å²) in [5, 5.41) is 3.18. The molecule has 3 rings (SSSR count). The van der Waals surface area contributed by atoms with Gasteiger partial charge in [0.1, 0.15) is 6.04 Å². The Morgan fingerprint density at radius 1 is 1.08 bits per heavy atom. The van der Waals surface area contributed by atoms with E-state index in [-0.39, 0.29) is 5.91 Å². The Balaban J connectivity index is 1.74. The monoisotopic (exact) mass is 352 g/mol. The standard InChI is InChI=1S/C22H29N3O/c1-17-8-4-5-9-20(17)22(26)23-16-21(25-14-6-7-15-25)18-10-12-19(13-11-18)24(2)3/h4-5,8-13,21H,6-7,14-16H2,1-3H3,(H,23,26)/p+1/t21-/m0/s1. The first-order chi connectivity index (χ1) is 12.6. The van der Waals surface area contributed by atoms with Crippen molar-refractivity contribution in [2.24, 2.45) is 0 Å². The Labute approximate surface area is 156 Å². The fourth-order valence-corrected chi connectivity index (χ4v) is 3.80. The number of nitrogens with zero attached hydrogens (tertiary/aromatic N) is 1. The van der Waals surface area contributed by atoms with Gasteiger partial charge in [-0.25, -0.2) is 0 Å². The molecule has 1 heterocycles. The second-order valence-electron chi connectivity index (χ2n) is 7.43. The van der Waals surface area contributed by atoms with Gasteiger partial charge in [-0.15, -0.1) is 0 Å². The van der Waals surface area contributed by atoms with Crippen LogP contribution in [0.15, 0.2) is 48.5 Å². The molecule has 138 valence electrons. The van der Waals surface area contributed by atoms with E-state index in [4.69, 9.17) is 0 Å². The predicted molar refractivity (Wildman–Crippen MR) is 107 cm³/mol. The largest absolute Gasteiger partial charge is 0.378 e. The van der Waals surface area contributed by atoms with Crippen LogP contribution < -0.4 is 15.1 Å². The number of hydrogen-bond donors (Lipinski definition) is 2. The van der Waals surface area contributed by atoms with Crippen molar-refractivity contribution >= 4 is 11.6 Å². The van der Waals surface area contributed by atoms with E-state index < -0.39 is 0 Å². The SMILES string of the molecule is Cc1ccccc1C(=O)NC[C@@H](c1ccc(N(C)C)cc1)[NH+]1CCCC1. The number of amides is 1. The van der Waals surface area contributed by atoms with Crippen LogP contribution in [0, 0.1) is 6.92 Å². The Hall–Kier alpha value is -2.33. The summed E-state index contributed by atoms with van der Waals surface area (Å²) in [7, 11) is 4.11. The highest BCUT2D eigenvalue weighted by Crippen LogP contribution is 2.17. The number of anilines is 1. The lowest BCUT2D eigenvalue weighted by Crippen LogP contribution is -3.11. The van der Waals surface area contributed by atoms with Gasteiger partial charge in [0.05, 0.1) is 19.6 Å². The van der Waals surface area contributed by atoms with Crippen molar-refractivity contribution < 1.29 is 9.69 Å². The molecular formula is C22H30N3O+. The van der Waals surface area contributed by atoms with Crippen LogP contribution >= 0.6 is 0 Å². The van der Waals surface area contributed by atoms with E-state index in [2.05, 4.69) is 48.6 Å². The minimum atomic E-state index is 0.0246. The molecule has 1 amide bonds. The molecule has 0 radical (unpaired) electrons. The molecule has 0 saturated carbocycles. The lowest BCUT2D eigenvalue weighted by molar-refractivity contribution is -0.918. The first-order valence-electron chi connectivity index (χ1n) is 9.52. The van der Waals surface area contributed by atoms with Gasteiger partial charge in [-0.05, 0) is 30.7 Å². The molecule has 4 nitrogen and oxygen atoms in total. The topological polar surface area (TPSA) is 36.8 Å². The predicted octanol–water partition coefficient (Wildman–Crippen LogP) is 2.21. The first kappa shape index (κ1) is 18.5. The van der Waals surface area contributed by atoms with Crippen molar-refractivity contribution in [2.75, 3.05) is 38.6 Å². The summed E-state index contributed by atoms with van der Waals surface area (Å²) in [4.78, 5) is 16.3. The highest BCUT2D eigenvalue weighted by Gasteiger charge is 2.28. The maximum absolute atomic E-state index is 12.6. The number of quaternary nitrogens is 1. The van der Waals surface area contributed by atoms with Crippen LogP contribution in [-0.2, 0) is 0 Å². The van der Waals surface area contributed by atoms with E-state index in [9.17, 15) is 4.79 Å². The minimum absolute atomic E-state index is 0.0246. The molecule has 0 aliphatic carbocycles. The number of rotatable bonds is 6. The quantitative estimate of drug-likeness (QED) is 0.836. The Morgan fingerprint density at radius 3 is 2.35 bits per heavy atom. The molecule has 2 aromatic rings. The number of carbonyl (C=O) groups is 1. The molecule has 2 aromatic carbocycles. The molecule has 0 unspecified atom stereocenters. The van der Waals surface area contributed by atoms with E-state index in [0.29, 0.717) is 12.6 Å². The normalized spacial score (nSPS) is 15.7. The van der Waals surface area contributed by atoms with Crippen molar-refractivity contribution in [3.63, 3.8) is 0 Å². The van der Waals surface area contributed by atoms with E-state index in [1.165, 1.54) is 37.2 Å². The molecule has 4 heteroatoms. The molecule has 0 spiro atoms. The zero-order valence-corrected chi connectivity index (χ0v) is 16.1. The maximum Gasteiger partial charge on any atom is 0.251 e. The van der Waals surface area contributed by atoms with Gasteiger partial charge in [-0.2, -0.15) is 0 Å². The molecule has 1 aliphatic rings. The summed E-state index contributed by atoms with van der Waals surface area (Å²) >= 11 is 0. The van der Waals surface area contributed by atoms with Crippen LogP contribution in [0.2, 0.25) is 0 Å². The van der Waals surface area contributed by atoms with E-state index in [1.54, 1.807) is 4.90 Å². The second kappa shape index (κ2) is 8.37. The molecule has 26 heavy (non-hydrogen) atoms. The van der Waals surface area contributed by atoms with Gasteiger partial charge in [-0.3, -0.25) is 4.79 Å². The number of likely N-dealkylation sites (tertiary alicyclic amines) is 1. The third-order valence-electron chi connectivity index (χ3n) is 5.41. The number of benzene rings is 2. The molecular weight excluding hydrogens is 322 g/mol. The molecule has 0 aromatic heterocycles. The van der Waals surface area contributed by atoms with Crippen molar-refractivity contribution in [1.29, 1.82) is 0 Å². The molecule has 1 saturated heterocycles. The summed E-state index contributed by atoms with van der Waals surface area (Å²) < 4.78 is 0. The molecule has 1 aliphatic heterocycles. The average Bonchev–Trinajstić information content (AvgIpc) is 3.17. The summed E-state index contributed by atoms with van der Waals surface area (Å²) in [6.07, 6.45) is 2.54. The number of hydrogen-bond acceptors (Lipinski definition) is 2. The van der Waals surface area contributed by atoms with E-state index in [0.717, 1.165) is 11.1 Å². The minimum Gasteiger partial charge on any atom is -0.378 e. The Bertz CT molecular complexity index is 733. The summed E-state index contributed by atoms with van der Waals surface area (Å²) in [5.74, 6) is 0.0246. The van der Waals surface area contributed by atoms with Gasteiger partial charge in [0.2, 0.25) is 0 Å². The number of carbonyl (C=O) groups excluding carboxylic acids is 1. The van der Waals surface area contributed by atoms with Gasteiger partial charge < -0.3 is 15.1 Å². The summed E-state index contributed by atoms with van der Waals surface area (Å²) in [6.45, 7) is 5.02. The van der Waals surface area contributed by atoms with Crippen molar-refractivity contribution in [1.82, 2.24) is 5.32 Å². The van der Waals surface area contributed by atoms with Gasteiger partial charge in [0.15, 0.2) is 0 Å². The third-order valence-corrected chi connectivity index (χ3v) is 5.41. The summed E-state index contributed by atoms with van der Waals surface area (Å²) in [6, 6.07) is 16.8. The lowest BCUT2D eigenvalue weighted by Gasteiger charge is -2.26. The third kappa shape index (κ3) is 4.25. The molecule has 1 fully saturated rings. The van der Waals surface area contributed by atoms with E-state index in [1.807, 2.05) is 31.2 Å². The highest BCUT2D eigenvalue weighted by molar-refractivity contribution is 5.95. The zero-order chi connectivity index (χ0) is 18.5. The smallest absolute Gasteiger partial charge is 0.251 e. The highest BCUT2D eigenvalue weighted by atomic mass is 16.1. The Kier molecular flexibility index (Phi) is 5.94. The molecule has 0 bridgehead atoms. The van der Waals surface area contributed by atoms with Gasteiger partial charge in [0.25, 0.3) is 5.91 Å². The number of nitrogens with one attached hydrogen (secondary N) is 2. The van der Waals surface area contributed by atoms with Crippen molar-refractivity contribution in [3.05, 3.63) is 65.2 Å². The molecule has 2 N–H and O–H groups in total. The fraction of sp³-hybridized carbons (Fsp3) is 0.409. The second-order valence-corrected chi connectivity index (χ2v) is 7.43. The number of aryl methyl sites for hydroxylation is 1. The van der Waals surface area contributed by atoms with Crippen LogP contribution in [-0.4, -0.2) is 39.6 Å². The van der Waals surface area contributed by atoms with Crippen molar-refractivity contribution in [2.45, 2.75) is 25.8 Å². The van der Waals surface area contributed by atoms with E-state index >= 15 is 0 Å². The van der Waals surface area contributed by atoms with Crippen LogP contribution in [0.25, 0.3) is 0 Å². The maximum atomic E-state index is 12.6. The van der Waals surface area contributed by atoms with Gasteiger partial charge in [-0.1, -0.05) is 30.3 Å². The Morgan fingerprint density at radius 2 is 1.73 bits per heavy atom. The van der Waals surface area contributed by atoms with Gasteiger partial charge >= 0.3 is 0 Å². The average molecular weight is 353 g/mol. The zero-order valence-electron chi connectivity index (χ0n) is 16.1. The van der Waals surface area contributed by atoms with Crippen molar-refractivity contribution in [3.8, 4) is 0 Å². The van der Waals surface area contributed by atoms with Crippen LogP contribution in [0.5, 0.6) is 0 Å².